The Kier molecular flexibility index (Phi) is 5.98. The molecule has 5 rings (SSSR count). The van der Waals surface area contributed by atoms with Crippen molar-refractivity contribution in [2.45, 2.75) is 39.9 Å². The molecule has 1 N–H and O–H groups in total. The molecule has 1 amide bonds. The number of amides is 1. The van der Waals surface area contributed by atoms with Crippen molar-refractivity contribution in [3.63, 3.8) is 0 Å². The van der Waals surface area contributed by atoms with Gasteiger partial charge in [0.2, 0.25) is 0 Å². The first-order valence-corrected chi connectivity index (χ1v) is 11.6. The fraction of sp³-hybridized carbons (Fsp3) is 0.308. The summed E-state index contributed by atoms with van der Waals surface area (Å²) in [4.78, 5) is 20.0. The lowest BCUT2D eigenvalue weighted by Crippen LogP contribution is -2.37. The van der Waals surface area contributed by atoms with Gasteiger partial charge in [-0.3, -0.25) is 24.4 Å². The number of hydrogen-bond donors (Lipinski definition) is 1. The molecule has 3 aromatic heterocycles. The number of rotatable bonds is 7. The Morgan fingerprint density at radius 1 is 1.17 bits per heavy atom. The van der Waals surface area contributed by atoms with Crippen molar-refractivity contribution in [1.29, 1.82) is 5.41 Å². The molecule has 1 aliphatic rings. The van der Waals surface area contributed by atoms with E-state index in [1.807, 2.05) is 34.8 Å². The van der Waals surface area contributed by atoms with Gasteiger partial charge in [0, 0.05) is 48.9 Å². The van der Waals surface area contributed by atoms with Crippen LogP contribution in [0.5, 0.6) is 5.75 Å². The van der Waals surface area contributed by atoms with Crippen LogP contribution in [0.1, 0.15) is 39.8 Å². The summed E-state index contributed by atoms with van der Waals surface area (Å²) >= 11 is 0. The number of oxazole rings is 1. The summed E-state index contributed by atoms with van der Waals surface area (Å²) in [6, 6.07) is 7.72. The number of benzene rings is 1. The zero-order valence-corrected chi connectivity index (χ0v) is 20.1. The van der Waals surface area contributed by atoms with Crippen LogP contribution in [-0.4, -0.2) is 43.8 Å². The highest BCUT2D eigenvalue weighted by molar-refractivity contribution is 5.99. The number of aromatic nitrogens is 4. The van der Waals surface area contributed by atoms with Gasteiger partial charge >= 0.3 is 0 Å². The van der Waals surface area contributed by atoms with Crippen molar-refractivity contribution in [3.8, 4) is 16.9 Å². The maximum atomic E-state index is 13.7. The lowest BCUT2D eigenvalue weighted by Gasteiger charge is -2.30. The van der Waals surface area contributed by atoms with Gasteiger partial charge < -0.3 is 14.1 Å². The topological polar surface area (TPSA) is 102 Å². The number of methoxy groups -OCH3 is 1. The molecule has 0 unspecified atom stereocenters. The minimum atomic E-state index is -0.0252. The number of fused-ring (bicyclic) bond motifs is 1. The number of hydrogen-bond acceptors (Lipinski definition) is 6. The predicted molar refractivity (Wildman–Crippen MR) is 129 cm³/mol. The molecule has 0 radical (unpaired) electrons. The molecule has 0 saturated heterocycles. The van der Waals surface area contributed by atoms with Crippen molar-refractivity contribution in [3.05, 3.63) is 82.9 Å². The molecule has 4 aromatic rings. The summed E-state index contributed by atoms with van der Waals surface area (Å²) in [5.74, 6) is 0.693. The zero-order chi connectivity index (χ0) is 24.5. The standard InChI is InChI=1S/C26H28N6O3/c1-4-32-16-24(17(2)29-32)22-11-18(14-31-9-10-35-26(31)27)12-23-21(22)6-8-30(25(23)33)15-19-13-20(34-3)5-7-28-19/h5,7,9-13,16,27H,4,6,8,14-15H2,1-3H3. The molecule has 1 aliphatic heterocycles. The first kappa shape index (κ1) is 22.6. The van der Waals surface area contributed by atoms with E-state index in [-0.39, 0.29) is 11.6 Å². The van der Waals surface area contributed by atoms with E-state index in [1.165, 1.54) is 6.26 Å². The van der Waals surface area contributed by atoms with Crippen LogP contribution in [-0.2, 0) is 26.1 Å². The maximum absolute atomic E-state index is 13.7. The summed E-state index contributed by atoms with van der Waals surface area (Å²) in [5, 5.41) is 12.6. The number of carbonyl (C=O) groups excluding carboxylic acids is 1. The van der Waals surface area contributed by atoms with E-state index in [1.54, 1.807) is 30.1 Å². The zero-order valence-electron chi connectivity index (χ0n) is 20.1. The molecule has 35 heavy (non-hydrogen) atoms. The van der Waals surface area contributed by atoms with Crippen LogP contribution in [0.25, 0.3) is 11.1 Å². The Morgan fingerprint density at radius 2 is 2.00 bits per heavy atom. The first-order chi connectivity index (χ1) is 17.0. The maximum Gasteiger partial charge on any atom is 0.293 e. The van der Waals surface area contributed by atoms with E-state index in [9.17, 15) is 4.79 Å². The summed E-state index contributed by atoms with van der Waals surface area (Å²) in [7, 11) is 1.62. The van der Waals surface area contributed by atoms with Crippen molar-refractivity contribution in [1.82, 2.24) is 24.2 Å². The monoisotopic (exact) mass is 472 g/mol. The van der Waals surface area contributed by atoms with Crippen molar-refractivity contribution < 1.29 is 13.9 Å². The van der Waals surface area contributed by atoms with Gasteiger partial charge in [0.15, 0.2) is 0 Å². The van der Waals surface area contributed by atoms with E-state index < -0.39 is 0 Å². The van der Waals surface area contributed by atoms with Crippen LogP contribution in [0.4, 0.5) is 0 Å². The Morgan fingerprint density at radius 3 is 2.71 bits per heavy atom. The smallest absolute Gasteiger partial charge is 0.293 e. The number of ether oxygens (including phenoxy) is 1. The van der Waals surface area contributed by atoms with Crippen LogP contribution in [0.15, 0.2) is 53.5 Å². The molecular formula is C26H28N6O3. The molecule has 180 valence electrons. The lowest BCUT2D eigenvalue weighted by molar-refractivity contribution is 0.0725. The molecule has 1 aromatic carbocycles. The van der Waals surface area contributed by atoms with Gasteiger partial charge in [-0.15, -0.1) is 0 Å². The summed E-state index contributed by atoms with van der Waals surface area (Å²) < 4.78 is 14.1. The first-order valence-electron chi connectivity index (χ1n) is 11.6. The van der Waals surface area contributed by atoms with E-state index in [0.29, 0.717) is 25.2 Å². The van der Waals surface area contributed by atoms with E-state index in [4.69, 9.17) is 14.6 Å². The number of nitrogens with one attached hydrogen (secondary N) is 1. The predicted octanol–water partition coefficient (Wildman–Crippen LogP) is 3.40. The molecule has 9 heteroatoms. The molecule has 0 fully saturated rings. The summed E-state index contributed by atoms with van der Waals surface area (Å²) in [6.45, 7) is 6.28. The average Bonchev–Trinajstić information content (AvgIpc) is 3.45. The van der Waals surface area contributed by atoms with Gasteiger partial charge in [-0.1, -0.05) is 0 Å². The van der Waals surface area contributed by atoms with Gasteiger partial charge in [0.25, 0.3) is 11.6 Å². The molecule has 0 bridgehead atoms. The third-order valence-electron chi connectivity index (χ3n) is 6.43. The fourth-order valence-corrected chi connectivity index (χ4v) is 4.63. The third kappa shape index (κ3) is 4.37. The number of aryl methyl sites for hydroxylation is 2. The molecule has 0 saturated carbocycles. The van der Waals surface area contributed by atoms with E-state index >= 15 is 0 Å². The number of nitrogens with zero attached hydrogens (tertiary/aromatic N) is 5. The largest absolute Gasteiger partial charge is 0.497 e. The average molecular weight is 473 g/mol. The highest BCUT2D eigenvalue weighted by Gasteiger charge is 2.28. The third-order valence-corrected chi connectivity index (χ3v) is 6.43. The minimum Gasteiger partial charge on any atom is -0.497 e. The quantitative estimate of drug-likeness (QED) is 0.444. The second-order valence-electron chi connectivity index (χ2n) is 8.65. The molecule has 9 nitrogen and oxygen atoms in total. The van der Waals surface area contributed by atoms with Crippen LogP contribution in [0.3, 0.4) is 0 Å². The Balaban J connectivity index is 1.56. The fourth-order valence-electron chi connectivity index (χ4n) is 4.63. The van der Waals surface area contributed by atoms with Gasteiger partial charge in [-0.05, 0) is 55.2 Å². The molecule has 4 heterocycles. The molecule has 0 aliphatic carbocycles. The minimum absolute atomic E-state index is 0.0252. The normalized spacial score (nSPS) is 13.2. The second kappa shape index (κ2) is 9.25. The molecule has 0 spiro atoms. The Bertz CT molecular complexity index is 1450. The SMILES string of the molecule is CCn1cc(-c2cc(Cn3ccoc3=N)cc3c2CCN(Cc2cc(OC)ccn2)C3=O)c(C)n1. The summed E-state index contributed by atoms with van der Waals surface area (Å²) in [6.07, 6.45) is 7.70. The highest BCUT2D eigenvalue weighted by atomic mass is 16.5. The van der Waals surface area contributed by atoms with Gasteiger partial charge in [-0.25, -0.2) is 0 Å². The Labute approximate surface area is 203 Å². The van der Waals surface area contributed by atoms with Crippen molar-refractivity contribution in [2.24, 2.45) is 0 Å². The van der Waals surface area contributed by atoms with Gasteiger partial charge in [0.05, 0.1) is 31.6 Å². The number of pyridine rings is 1. The van der Waals surface area contributed by atoms with Gasteiger partial charge in [0.1, 0.15) is 12.0 Å². The molecule has 0 atom stereocenters. The van der Waals surface area contributed by atoms with Crippen LogP contribution < -0.4 is 10.4 Å². The lowest BCUT2D eigenvalue weighted by atomic mass is 9.88. The molecular weight excluding hydrogens is 444 g/mol. The van der Waals surface area contributed by atoms with Gasteiger partial charge in [-0.2, -0.15) is 5.10 Å². The number of carbonyl (C=O) groups is 1. The highest BCUT2D eigenvalue weighted by Crippen LogP contribution is 2.34. The van der Waals surface area contributed by atoms with Crippen LogP contribution in [0.2, 0.25) is 0 Å². The van der Waals surface area contributed by atoms with Crippen molar-refractivity contribution in [2.75, 3.05) is 13.7 Å². The summed E-state index contributed by atoms with van der Waals surface area (Å²) in [5.41, 5.74) is 6.49. The van der Waals surface area contributed by atoms with E-state index in [2.05, 4.69) is 23.1 Å². The second-order valence-corrected chi connectivity index (χ2v) is 8.65. The Hall–Kier alpha value is -4.14. The van der Waals surface area contributed by atoms with Crippen molar-refractivity contribution >= 4 is 5.91 Å². The van der Waals surface area contributed by atoms with Crippen LogP contribution >= 0.6 is 0 Å². The van der Waals surface area contributed by atoms with Crippen LogP contribution in [0, 0.1) is 12.3 Å². The van der Waals surface area contributed by atoms with E-state index in [0.717, 1.165) is 52.4 Å².